The number of carbonyl (C=O) groups excluding carboxylic acids is 2. The quantitative estimate of drug-likeness (QED) is 0.235. The van der Waals surface area contributed by atoms with E-state index in [2.05, 4.69) is 30.6 Å². The van der Waals surface area contributed by atoms with E-state index in [9.17, 15) is 14.4 Å². The third kappa shape index (κ3) is 6.10. The summed E-state index contributed by atoms with van der Waals surface area (Å²) in [6.07, 6.45) is 5.97. The van der Waals surface area contributed by atoms with Crippen LogP contribution < -0.4 is 10.9 Å². The lowest BCUT2D eigenvalue weighted by Gasteiger charge is -2.30. The van der Waals surface area contributed by atoms with Crippen LogP contribution in [0.25, 0.3) is 39.1 Å². The number of likely N-dealkylation sites (tertiary alicyclic amines) is 1. The Labute approximate surface area is 273 Å². The number of benzene rings is 2. The Hall–Kier alpha value is -5.40. The summed E-state index contributed by atoms with van der Waals surface area (Å²) in [5, 5.41) is 15.3. The summed E-state index contributed by atoms with van der Waals surface area (Å²) in [6, 6.07) is 16.3. The van der Waals surface area contributed by atoms with Crippen LogP contribution >= 0.6 is 0 Å². The molecule has 1 fully saturated rings. The van der Waals surface area contributed by atoms with E-state index in [1.165, 1.54) is 23.0 Å². The molecular weight excluding hydrogens is 598 g/mol. The highest BCUT2D eigenvalue weighted by atomic mass is 16.5. The van der Waals surface area contributed by atoms with Crippen molar-refractivity contribution in [2.75, 3.05) is 45.1 Å². The maximum absolute atomic E-state index is 13.7. The molecule has 2 aliphatic heterocycles. The SMILES string of the molecule is [2H]C([2H])(C(=O)N1CC=C(c2ccc(-c3ncn(C)n3)cc2)CC1)N1CC[C@@](OC)(C(=O)Nc2ccc3[nH]nc(-c4ccc(=O)[nH]c4)c3c2)C1. The monoisotopic (exact) mass is 635 g/mol. The number of hydrogen-bond donors (Lipinski definition) is 3. The fourth-order valence-electron chi connectivity index (χ4n) is 6.06. The Balaban J connectivity index is 1.01. The van der Waals surface area contributed by atoms with Crippen molar-refractivity contribution in [1.29, 1.82) is 0 Å². The van der Waals surface area contributed by atoms with Crippen LogP contribution in [0.2, 0.25) is 0 Å². The number of nitrogens with zero attached hydrogens (tertiary/aromatic N) is 6. The van der Waals surface area contributed by atoms with Crippen LogP contribution in [-0.4, -0.2) is 96.9 Å². The van der Waals surface area contributed by atoms with Gasteiger partial charge in [-0.05, 0) is 48.2 Å². The first-order chi connectivity index (χ1) is 23.6. The van der Waals surface area contributed by atoms with Gasteiger partial charge < -0.3 is 19.9 Å². The number of hydrogen-bond acceptors (Lipinski definition) is 8. The number of amides is 2. The van der Waals surface area contributed by atoms with Crippen molar-refractivity contribution in [3.05, 3.63) is 89.1 Å². The van der Waals surface area contributed by atoms with Crippen LogP contribution in [0.3, 0.4) is 0 Å². The van der Waals surface area contributed by atoms with Crippen molar-refractivity contribution in [3.8, 4) is 22.6 Å². The molecule has 0 saturated carbocycles. The van der Waals surface area contributed by atoms with Gasteiger partial charge in [-0.15, -0.1) is 0 Å². The number of methoxy groups -OCH3 is 1. The minimum atomic E-state index is -2.34. The summed E-state index contributed by atoms with van der Waals surface area (Å²) in [6.45, 7) is -1.64. The fourth-order valence-corrected chi connectivity index (χ4v) is 6.06. The third-order valence-corrected chi connectivity index (χ3v) is 8.78. The van der Waals surface area contributed by atoms with E-state index >= 15 is 0 Å². The summed E-state index contributed by atoms with van der Waals surface area (Å²) >= 11 is 0. The van der Waals surface area contributed by atoms with Gasteiger partial charge in [-0.2, -0.15) is 10.2 Å². The van der Waals surface area contributed by atoms with E-state index in [1.54, 1.807) is 41.5 Å². The second-order valence-corrected chi connectivity index (χ2v) is 11.8. The molecule has 2 aliphatic rings. The molecule has 0 unspecified atom stereocenters. The normalized spacial score (nSPS) is 19.4. The summed E-state index contributed by atoms with van der Waals surface area (Å²) in [7, 11) is 3.24. The molecule has 13 nitrogen and oxygen atoms in total. The highest BCUT2D eigenvalue weighted by Crippen LogP contribution is 2.31. The molecule has 7 rings (SSSR count). The van der Waals surface area contributed by atoms with Crippen molar-refractivity contribution < 1.29 is 17.1 Å². The van der Waals surface area contributed by atoms with Crippen LogP contribution in [0, 0.1) is 0 Å². The number of pyridine rings is 1. The average molecular weight is 636 g/mol. The number of aromatic amines is 2. The molecule has 0 spiro atoms. The highest BCUT2D eigenvalue weighted by Gasteiger charge is 2.45. The average Bonchev–Trinajstić information content (AvgIpc) is 3.88. The molecule has 0 aliphatic carbocycles. The van der Waals surface area contributed by atoms with Crippen LogP contribution in [-0.2, 0) is 21.4 Å². The molecule has 3 N–H and O–H groups in total. The van der Waals surface area contributed by atoms with Gasteiger partial charge in [0.25, 0.3) is 5.91 Å². The van der Waals surface area contributed by atoms with E-state index < -0.39 is 23.9 Å². The molecule has 3 aromatic heterocycles. The Morgan fingerprint density at radius 1 is 1.09 bits per heavy atom. The molecular formula is C34H35N9O4. The van der Waals surface area contributed by atoms with Crippen molar-refractivity contribution in [3.63, 3.8) is 0 Å². The van der Waals surface area contributed by atoms with E-state index in [0.29, 0.717) is 35.7 Å². The molecule has 1 saturated heterocycles. The number of rotatable bonds is 8. The minimum Gasteiger partial charge on any atom is -0.367 e. The number of anilines is 1. The number of H-pyrrole nitrogens is 2. The van der Waals surface area contributed by atoms with Gasteiger partial charge in [0, 0.05) is 74.8 Å². The predicted molar refractivity (Wildman–Crippen MR) is 177 cm³/mol. The van der Waals surface area contributed by atoms with Gasteiger partial charge in [0.1, 0.15) is 12.0 Å². The molecule has 5 aromatic rings. The van der Waals surface area contributed by atoms with Gasteiger partial charge in [-0.25, -0.2) is 4.98 Å². The van der Waals surface area contributed by atoms with E-state index in [4.69, 9.17) is 7.48 Å². The zero-order valence-corrected chi connectivity index (χ0v) is 26.0. The molecule has 1 atom stereocenters. The lowest BCUT2D eigenvalue weighted by atomic mass is 9.98. The zero-order valence-electron chi connectivity index (χ0n) is 28.0. The van der Waals surface area contributed by atoms with Crippen molar-refractivity contribution in [2.45, 2.75) is 18.4 Å². The molecule has 13 heteroatoms. The summed E-state index contributed by atoms with van der Waals surface area (Å²) in [4.78, 5) is 48.6. The minimum absolute atomic E-state index is 0.100. The Morgan fingerprint density at radius 3 is 2.60 bits per heavy atom. The topological polar surface area (TPSA) is 154 Å². The van der Waals surface area contributed by atoms with Crippen molar-refractivity contribution in [2.24, 2.45) is 7.05 Å². The first kappa shape index (κ1) is 27.9. The summed E-state index contributed by atoms with van der Waals surface area (Å²) < 4.78 is 25.1. The number of aromatic nitrogens is 6. The molecule has 47 heavy (non-hydrogen) atoms. The lowest BCUT2D eigenvalue weighted by Crippen LogP contribution is -2.48. The Morgan fingerprint density at radius 2 is 1.89 bits per heavy atom. The first-order valence-electron chi connectivity index (χ1n) is 16.3. The third-order valence-electron chi connectivity index (χ3n) is 8.78. The predicted octanol–water partition coefficient (Wildman–Crippen LogP) is 3.06. The zero-order chi connectivity index (χ0) is 34.3. The van der Waals surface area contributed by atoms with Gasteiger partial charge in [0.15, 0.2) is 11.4 Å². The number of carbonyl (C=O) groups is 2. The molecule has 2 aromatic carbocycles. The maximum atomic E-state index is 13.7. The van der Waals surface area contributed by atoms with Crippen LogP contribution in [0.4, 0.5) is 5.69 Å². The van der Waals surface area contributed by atoms with Crippen LogP contribution in [0.1, 0.15) is 21.1 Å². The lowest BCUT2D eigenvalue weighted by molar-refractivity contribution is -0.138. The smallest absolute Gasteiger partial charge is 0.258 e. The number of ether oxygens (including phenoxy) is 1. The van der Waals surface area contributed by atoms with E-state index in [1.807, 2.05) is 37.4 Å². The van der Waals surface area contributed by atoms with E-state index in [-0.39, 0.29) is 31.6 Å². The van der Waals surface area contributed by atoms with Gasteiger partial charge >= 0.3 is 0 Å². The Kier molecular flexibility index (Phi) is 7.37. The first-order valence-corrected chi connectivity index (χ1v) is 15.3. The largest absolute Gasteiger partial charge is 0.367 e. The van der Waals surface area contributed by atoms with Gasteiger partial charge in [0.05, 0.1) is 14.8 Å². The number of aryl methyl sites for hydroxylation is 1. The standard InChI is InChI=1S/C34H35N9O4/c1-41-21-36-32(40-41)24-5-3-22(4-6-24)23-11-14-43(15-12-23)30(45)19-42-16-13-34(20-42,47-2)33(46)37-26-8-9-28-27(17-26)31(39-38-28)25-7-10-29(44)35-18-25/h3-11,17-18,21H,12-16,19-20H2,1-2H3,(H,35,44)(H,37,46)(H,38,39)/t34-/m0/s1/i19D2. The number of fused-ring (bicyclic) bond motifs is 1. The second kappa shape index (κ2) is 12.4. The Bertz CT molecular complexity index is 2120. The molecule has 240 valence electrons. The second-order valence-electron chi connectivity index (χ2n) is 11.8. The van der Waals surface area contributed by atoms with E-state index in [0.717, 1.165) is 27.6 Å². The van der Waals surface area contributed by atoms with Crippen LogP contribution in [0.15, 0.2) is 78.0 Å². The van der Waals surface area contributed by atoms with Crippen LogP contribution in [0.5, 0.6) is 0 Å². The maximum Gasteiger partial charge on any atom is 0.258 e. The summed E-state index contributed by atoms with van der Waals surface area (Å²) in [5.74, 6) is -0.437. The van der Waals surface area contributed by atoms with Crippen molar-refractivity contribution >= 4 is 34.0 Å². The van der Waals surface area contributed by atoms with Gasteiger partial charge in [-0.1, -0.05) is 30.3 Å². The number of nitrogens with one attached hydrogen (secondary N) is 3. The fraction of sp³-hybridized carbons (Fsp3) is 0.294. The molecule has 0 bridgehead atoms. The van der Waals surface area contributed by atoms with Gasteiger partial charge in [-0.3, -0.25) is 29.1 Å². The molecule has 0 radical (unpaired) electrons. The van der Waals surface area contributed by atoms with Crippen molar-refractivity contribution in [1.82, 2.24) is 39.7 Å². The highest BCUT2D eigenvalue weighted by molar-refractivity contribution is 6.01. The summed E-state index contributed by atoms with van der Waals surface area (Å²) in [5.41, 5.74) is 3.99. The molecule has 5 heterocycles. The molecule has 2 amide bonds. The van der Waals surface area contributed by atoms with Gasteiger partial charge in [0.2, 0.25) is 11.5 Å².